The van der Waals surface area contributed by atoms with Crippen LogP contribution in [0.15, 0.2) is 30.3 Å². The summed E-state index contributed by atoms with van der Waals surface area (Å²) in [6, 6.07) is 8.16. The van der Waals surface area contributed by atoms with E-state index in [9.17, 15) is 19.8 Å². The standard InChI is InChI=1S/C18H19NO5/c1-10-6-7-13(17(20)21)16(15(10)18(22)23)12-5-3-4-11(8-19)14(12)9-24-2/h3-7H,8-9,19H2,1-2H3,(H,20,21)(H,22,23). The third kappa shape index (κ3) is 3.15. The van der Waals surface area contributed by atoms with Crippen molar-refractivity contribution < 1.29 is 24.5 Å². The van der Waals surface area contributed by atoms with Gasteiger partial charge in [-0.25, -0.2) is 9.59 Å². The number of hydrogen-bond donors (Lipinski definition) is 3. The number of carboxylic acid groups (broad SMARTS) is 2. The van der Waals surface area contributed by atoms with E-state index in [1.807, 2.05) is 6.07 Å². The molecule has 0 fully saturated rings. The van der Waals surface area contributed by atoms with E-state index in [0.717, 1.165) is 5.56 Å². The summed E-state index contributed by atoms with van der Waals surface area (Å²) in [5.41, 5.74) is 8.33. The number of rotatable bonds is 6. The molecular weight excluding hydrogens is 310 g/mol. The molecule has 0 atom stereocenters. The van der Waals surface area contributed by atoms with Crippen molar-refractivity contribution in [1.82, 2.24) is 0 Å². The molecule has 0 radical (unpaired) electrons. The Kier molecular flexibility index (Phi) is 5.33. The topological polar surface area (TPSA) is 110 Å². The largest absolute Gasteiger partial charge is 0.478 e. The summed E-state index contributed by atoms with van der Waals surface area (Å²) in [4.78, 5) is 23.4. The molecule has 0 amide bonds. The normalized spacial score (nSPS) is 10.6. The monoisotopic (exact) mass is 329 g/mol. The lowest BCUT2D eigenvalue weighted by Gasteiger charge is -2.18. The summed E-state index contributed by atoms with van der Waals surface area (Å²) in [6.07, 6.45) is 0. The Bertz CT molecular complexity index is 798. The molecule has 2 rings (SSSR count). The highest BCUT2D eigenvalue weighted by atomic mass is 16.5. The Balaban J connectivity index is 2.93. The lowest BCUT2D eigenvalue weighted by atomic mass is 9.87. The van der Waals surface area contributed by atoms with Crippen molar-refractivity contribution in [2.45, 2.75) is 20.1 Å². The molecule has 0 saturated heterocycles. The van der Waals surface area contributed by atoms with Crippen LogP contribution >= 0.6 is 0 Å². The van der Waals surface area contributed by atoms with Crippen LogP contribution in [0.1, 0.15) is 37.4 Å². The van der Waals surface area contributed by atoms with E-state index in [-0.39, 0.29) is 29.8 Å². The van der Waals surface area contributed by atoms with Crippen molar-refractivity contribution in [2.75, 3.05) is 7.11 Å². The lowest BCUT2D eigenvalue weighted by Crippen LogP contribution is -2.12. The average Bonchev–Trinajstić information content (AvgIpc) is 2.54. The van der Waals surface area contributed by atoms with Crippen LogP contribution in [0.5, 0.6) is 0 Å². The average molecular weight is 329 g/mol. The number of aryl methyl sites for hydroxylation is 1. The van der Waals surface area contributed by atoms with Crippen LogP contribution in [0, 0.1) is 6.92 Å². The van der Waals surface area contributed by atoms with E-state index >= 15 is 0 Å². The summed E-state index contributed by atoms with van der Waals surface area (Å²) in [5, 5.41) is 19.1. The summed E-state index contributed by atoms with van der Waals surface area (Å²) in [7, 11) is 1.52. The summed E-state index contributed by atoms with van der Waals surface area (Å²) >= 11 is 0. The van der Waals surface area contributed by atoms with Crippen LogP contribution in [-0.4, -0.2) is 29.3 Å². The molecule has 0 aliphatic heterocycles. The predicted octanol–water partition coefficient (Wildman–Crippen LogP) is 2.66. The Morgan fingerprint density at radius 3 is 2.38 bits per heavy atom. The smallest absolute Gasteiger partial charge is 0.336 e. The van der Waals surface area contributed by atoms with Crippen molar-refractivity contribution in [2.24, 2.45) is 5.73 Å². The molecule has 6 heteroatoms. The minimum atomic E-state index is -1.19. The van der Waals surface area contributed by atoms with Gasteiger partial charge in [0.1, 0.15) is 0 Å². The Labute approximate surface area is 139 Å². The number of aromatic carboxylic acids is 2. The van der Waals surface area contributed by atoms with Crippen molar-refractivity contribution in [3.05, 3.63) is 58.1 Å². The molecule has 0 unspecified atom stereocenters. The Hall–Kier alpha value is -2.70. The fraction of sp³-hybridized carbons (Fsp3) is 0.222. The number of benzene rings is 2. The van der Waals surface area contributed by atoms with Crippen LogP contribution in [0.25, 0.3) is 11.1 Å². The van der Waals surface area contributed by atoms with Crippen LogP contribution in [0.4, 0.5) is 0 Å². The SMILES string of the molecule is COCc1c(CN)cccc1-c1c(C(=O)O)ccc(C)c1C(=O)O. The van der Waals surface area contributed by atoms with Gasteiger partial charge in [-0.05, 0) is 35.2 Å². The van der Waals surface area contributed by atoms with Crippen molar-refractivity contribution >= 4 is 11.9 Å². The number of hydrogen-bond acceptors (Lipinski definition) is 4. The Morgan fingerprint density at radius 1 is 1.12 bits per heavy atom. The van der Waals surface area contributed by atoms with Crippen molar-refractivity contribution in [3.63, 3.8) is 0 Å². The molecule has 24 heavy (non-hydrogen) atoms. The maximum atomic E-state index is 11.8. The highest BCUT2D eigenvalue weighted by Crippen LogP contribution is 2.34. The zero-order valence-electron chi connectivity index (χ0n) is 13.5. The predicted molar refractivity (Wildman–Crippen MR) is 89.1 cm³/mol. The third-order valence-corrected chi connectivity index (χ3v) is 3.91. The fourth-order valence-corrected chi connectivity index (χ4v) is 2.82. The van der Waals surface area contributed by atoms with Crippen LogP contribution in [0.3, 0.4) is 0 Å². The minimum Gasteiger partial charge on any atom is -0.478 e. The number of carboxylic acids is 2. The van der Waals surface area contributed by atoms with Crippen molar-refractivity contribution in [1.29, 1.82) is 0 Å². The first-order valence-electron chi connectivity index (χ1n) is 7.32. The van der Waals surface area contributed by atoms with E-state index in [1.165, 1.54) is 19.2 Å². The van der Waals surface area contributed by atoms with Crippen LogP contribution < -0.4 is 5.73 Å². The van der Waals surface area contributed by atoms with E-state index in [0.29, 0.717) is 16.7 Å². The van der Waals surface area contributed by atoms with Crippen LogP contribution in [0.2, 0.25) is 0 Å². The summed E-state index contributed by atoms with van der Waals surface area (Å²) < 4.78 is 5.21. The fourth-order valence-electron chi connectivity index (χ4n) is 2.82. The zero-order chi connectivity index (χ0) is 17.9. The molecule has 126 valence electrons. The highest BCUT2D eigenvalue weighted by Gasteiger charge is 2.24. The molecule has 0 aliphatic rings. The van der Waals surface area contributed by atoms with Gasteiger partial charge in [-0.3, -0.25) is 0 Å². The van der Waals surface area contributed by atoms with E-state index in [1.54, 1.807) is 19.1 Å². The molecule has 0 aliphatic carbocycles. The van der Waals surface area contributed by atoms with Gasteiger partial charge in [-0.1, -0.05) is 24.3 Å². The lowest BCUT2D eigenvalue weighted by molar-refractivity contribution is 0.0695. The highest BCUT2D eigenvalue weighted by molar-refractivity contribution is 6.06. The molecule has 6 nitrogen and oxygen atoms in total. The van der Waals surface area contributed by atoms with Crippen molar-refractivity contribution in [3.8, 4) is 11.1 Å². The second-order valence-corrected chi connectivity index (χ2v) is 5.37. The van der Waals surface area contributed by atoms with E-state index in [4.69, 9.17) is 10.5 Å². The first-order chi connectivity index (χ1) is 11.4. The van der Waals surface area contributed by atoms with Gasteiger partial charge in [0, 0.05) is 19.2 Å². The molecule has 0 spiro atoms. The van der Waals surface area contributed by atoms with Gasteiger partial charge >= 0.3 is 11.9 Å². The molecular formula is C18H19NO5. The minimum absolute atomic E-state index is 0.0265. The number of carbonyl (C=O) groups is 2. The summed E-state index contributed by atoms with van der Waals surface area (Å²) in [6.45, 7) is 2.08. The first-order valence-corrected chi connectivity index (χ1v) is 7.32. The maximum Gasteiger partial charge on any atom is 0.336 e. The van der Waals surface area contributed by atoms with Gasteiger partial charge in [0.15, 0.2) is 0 Å². The van der Waals surface area contributed by atoms with Gasteiger partial charge < -0.3 is 20.7 Å². The first kappa shape index (κ1) is 17.7. The summed E-state index contributed by atoms with van der Waals surface area (Å²) in [5.74, 6) is -2.36. The molecule has 2 aromatic carbocycles. The van der Waals surface area contributed by atoms with Gasteiger partial charge in [0.2, 0.25) is 0 Å². The molecule has 2 aromatic rings. The second kappa shape index (κ2) is 7.25. The molecule has 0 heterocycles. The zero-order valence-corrected chi connectivity index (χ0v) is 13.5. The van der Waals surface area contributed by atoms with Crippen LogP contribution in [-0.2, 0) is 17.9 Å². The number of methoxy groups -OCH3 is 1. The molecule has 0 aromatic heterocycles. The Morgan fingerprint density at radius 2 is 1.83 bits per heavy atom. The maximum absolute atomic E-state index is 11.8. The van der Waals surface area contributed by atoms with Gasteiger partial charge in [0.25, 0.3) is 0 Å². The quantitative estimate of drug-likeness (QED) is 0.751. The molecule has 4 N–H and O–H groups in total. The number of ether oxygens (including phenoxy) is 1. The third-order valence-electron chi connectivity index (χ3n) is 3.91. The van der Waals surface area contributed by atoms with Gasteiger partial charge in [-0.2, -0.15) is 0 Å². The molecule has 0 saturated carbocycles. The van der Waals surface area contributed by atoms with Gasteiger partial charge in [-0.15, -0.1) is 0 Å². The van der Waals surface area contributed by atoms with E-state index in [2.05, 4.69) is 0 Å². The molecule has 0 bridgehead atoms. The number of nitrogens with two attached hydrogens (primary N) is 1. The van der Waals surface area contributed by atoms with Gasteiger partial charge in [0.05, 0.1) is 17.7 Å². The second-order valence-electron chi connectivity index (χ2n) is 5.37. The van der Waals surface area contributed by atoms with E-state index < -0.39 is 11.9 Å².